The Labute approximate surface area is 105 Å². The van der Waals surface area contributed by atoms with Crippen LogP contribution in [0.15, 0.2) is 24.3 Å². The molecule has 0 radical (unpaired) electrons. The standard InChI is InChI=1S/C12H15ClO2S/c1-8(14)9(2)16-7-12(15)10-4-3-5-11(13)6-10/h3-6,8-9,14H,7H2,1-2H3. The van der Waals surface area contributed by atoms with Gasteiger partial charge < -0.3 is 5.11 Å². The summed E-state index contributed by atoms with van der Waals surface area (Å²) in [5.41, 5.74) is 0.623. The van der Waals surface area contributed by atoms with Crippen molar-refractivity contribution in [3.8, 4) is 0 Å². The Morgan fingerprint density at radius 1 is 1.50 bits per heavy atom. The molecule has 2 nitrogen and oxygen atoms in total. The molecule has 4 heteroatoms. The summed E-state index contributed by atoms with van der Waals surface area (Å²) in [4.78, 5) is 11.8. The summed E-state index contributed by atoms with van der Waals surface area (Å²) in [5.74, 6) is 0.409. The lowest BCUT2D eigenvalue weighted by Gasteiger charge is -2.13. The molecule has 0 aromatic heterocycles. The highest BCUT2D eigenvalue weighted by Gasteiger charge is 2.13. The first-order chi connectivity index (χ1) is 7.50. The number of halogens is 1. The van der Waals surface area contributed by atoms with Gasteiger partial charge in [-0.15, -0.1) is 11.8 Å². The van der Waals surface area contributed by atoms with E-state index in [1.165, 1.54) is 11.8 Å². The van der Waals surface area contributed by atoms with E-state index in [4.69, 9.17) is 11.6 Å². The Balaban J connectivity index is 2.53. The summed E-state index contributed by atoms with van der Waals surface area (Å²) in [6, 6.07) is 6.92. The highest BCUT2D eigenvalue weighted by molar-refractivity contribution is 8.00. The minimum absolute atomic E-state index is 0.0417. The van der Waals surface area contributed by atoms with Crippen molar-refractivity contribution in [1.82, 2.24) is 0 Å². The molecule has 2 atom stereocenters. The summed E-state index contributed by atoms with van der Waals surface area (Å²) in [6.07, 6.45) is -0.405. The molecule has 0 amide bonds. The molecule has 1 aromatic rings. The predicted molar refractivity (Wildman–Crippen MR) is 69.4 cm³/mol. The van der Waals surface area contributed by atoms with Gasteiger partial charge in [0.25, 0.3) is 0 Å². The van der Waals surface area contributed by atoms with Gasteiger partial charge in [0.15, 0.2) is 5.78 Å². The SMILES string of the molecule is CC(O)C(C)SCC(=O)c1cccc(Cl)c1. The van der Waals surface area contributed by atoms with Crippen molar-refractivity contribution in [2.45, 2.75) is 25.2 Å². The van der Waals surface area contributed by atoms with Crippen LogP contribution < -0.4 is 0 Å². The molecule has 1 rings (SSSR count). The Kier molecular flexibility index (Phi) is 5.32. The van der Waals surface area contributed by atoms with Crippen molar-refractivity contribution in [3.05, 3.63) is 34.9 Å². The minimum Gasteiger partial charge on any atom is -0.392 e. The lowest BCUT2D eigenvalue weighted by molar-refractivity contribution is 0.102. The van der Waals surface area contributed by atoms with Gasteiger partial charge in [-0.1, -0.05) is 30.7 Å². The van der Waals surface area contributed by atoms with Gasteiger partial charge in [-0.25, -0.2) is 0 Å². The average molecular weight is 259 g/mol. The summed E-state index contributed by atoms with van der Waals surface area (Å²) in [6.45, 7) is 3.63. The van der Waals surface area contributed by atoms with Crippen LogP contribution in [0, 0.1) is 0 Å². The number of aliphatic hydroxyl groups excluding tert-OH is 1. The Bertz CT molecular complexity index is 366. The number of aliphatic hydroxyl groups is 1. The quantitative estimate of drug-likeness (QED) is 0.825. The van der Waals surface area contributed by atoms with E-state index in [-0.39, 0.29) is 11.0 Å². The minimum atomic E-state index is -0.405. The number of hydrogen-bond donors (Lipinski definition) is 1. The fourth-order valence-corrected chi connectivity index (χ4v) is 2.14. The third-order valence-electron chi connectivity index (χ3n) is 2.30. The third-order valence-corrected chi connectivity index (χ3v) is 3.89. The van der Waals surface area contributed by atoms with Crippen molar-refractivity contribution in [1.29, 1.82) is 0 Å². The number of carbonyl (C=O) groups excluding carboxylic acids is 1. The Morgan fingerprint density at radius 2 is 2.19 bits per heavy atom. The van der Waals surface area contributed by atoms with Crippen LogP contribution in [0.1, 0.15) is 24.2 Å². The van der Waals surface area contributed by atoms with Gasteiger partial charge in [0.05, 0.1) is 11.9 Å². The molecule has 0 fully saturated rings. The van der Waals surface area contributed by atoms with Crippen LogP contribution in [0.25, 0.3) is 0 Å². The lowest BCUT2D eigenvalue weighted by Crippen LogP contribution is -2.17. The van der Waals surface area contributed by atoms with Crippen molar-refractivity contribution in [2.75, 3.05) is 5.75 Å². The largest absolute Gasteiger partial charge is 0.392 e. The van der Waals surface area contributed by atoms with Crippen LogP contribution >= 0.6 is 23.4 Å². The predicted octanol–water partition coefficient (Wildman–Crippen LogP) is 3.03. The number of Topliss-reactive ketones (excluding diaryl/α,β-unsaturated/α-hetero) is 1. The molecule has 88 valence electrons. The number of thioether (sulfide) groups is 1. The zero-order valence-electron chi connectivity index (χ0n) is 9.31. The second-order valence-corrected chi connectivity index (χ2v) is 5.49. The monoisotopic (exact) mass is 258 g/mol. The molecule has 16 heavy (non-hydrogen) atoms. The fourth-order valence-electron chi connectivity index (χ4n) is 1.09. The molecule has 1 N–H and O–H groups in total. The molecular weight excluding hydrogens is 244 g/mol. The average Bonchev–Trinajstić information content (AvgIpc) is 2.25. The molecule has 0 saturated heterocycles. The Hall–Kier alpha value is -0.510. The smallest absolute Gasteiger partial charge is 0.172 e. The summed E-state index contributed by atoms with van der Waals surface area (Å²) in [5, 5.41) is 9.92. The van der Waals surface area contributed by atoms with Crippen molar-refractivity contribution in [3.63, 3.8) is 0 Å². The number of hydrogen-bond acceptors (Lipinski definition) is 3. The highest BCUT2D eigenvalue weighted by Crippen LogP contribution is 2.17. The van der Waals surface area contributed by atoms with Gasteiger partial charge in [-0.3, -0.25) is 4.79 Å². The zero-order chi connectivity index (χ0) is 12.1. The molecule has 0 heterocycles. The first-order valence-corrected chi connectivity index (χ1v) is 6.52. The van der Waals surface area contributed by atoms with Crippen LogP contribution in [0.4, 0.5) is 0 Å². The highest BCUT2D eigenvalue weighted by atomic mass is 35.5. The van der Waals surface area contributed by atoms with E-state index >= 15 is 0 Å². The van der Waals surface area contributed by atoms with E-state index in [1.807, 2.05) is 6.92 Å². The molecule has 0 aliphatic rings. The number of benzene rings is 1. The first kappa shape index (κ1) is 13.6. The van der Waals surface area contributed by atoms with E-state index in [0.717, 1.165) is 0 Å². The van der Waals surface area contributed by atoms with Gasteiger partial charge in [-0.2, -0.15) is 0 Å². The summed E-state index contributed by atoms with van der Waals surface area (Å²) in [7, 11) is 0. The van der Waals surface area contributed by atoms with Crippen molar-refractivity contribution >= 4 is 29.1 Å². The van der Waals surface area contributed by atoms with Crippen LogP contribution in [0.3, 0.4) is 0 Å². The van der Waals surface area contributed by atoms with Gasteiger partial charge >= 0.3 is 0 Å². The van der Waals surface area contributed by atoms with Gasteiger partial charge in [0, 0.05) is 15.8 Å². The topological polar surface area (TPSA) is 37.3 Å². The molecule has 0 spiro atoms. The maximum atomic E-state index is 11.8. The van der Waals surface area contributed by atoms with Crippen LogP contribution in [0.5, 0.6) is 0 Å². The molecule has 0 aliphatic carbocycles. The fraction of sp³-hybridized carbons (Fsp3) is 0.417. The van der Waals surface area contributed by atoms with E-state index in [2.05, 4.69) is 0 Å². The number of carbonyl (C=O) groups is 1. The van der Waals surface area contributed by atoms with Crippen molar-refractivity contribution in [2.24, 2.45) is 0 Å². The van der Waals surface area contributed by atoms with Gasteiger partial charge in [-0.05, 0) is 19.1 Å². The molecule has 0 bridgehead atoms. The summed E-state index contributed by atoms with van der Waals surface area (Å²) < 4.78 is 0. The van der Waals surface area contributed by atoms with Crippen molar-refractivity contribution < 1.29 is 9.90 Å². The normalized spacial score (nSPS) is 14.5. The van der Waals surface area contributed by atoms with Crippen LogP contribution in [-0.4, -0.2) is 28.0 Å². The van der Waals surface area contributed by atoms with Crippen LogP contribution in [0.2, 0.25) is 5.02 Å². The summed E-state index contributed by atoms with van der Waals surface area (Å²) >= 11 is 7.25. The molecule has 0 aliphatic heterocycles. The van der Waals surface area contributed by atoms with Gasteiger partial charge in [0.2, 0.25) is 0 Å². The zero-order valence-corrected chi connectivity index (χ0v) is 10.9. The van der Waals surface area contributed by atoms with E-state index in [1.54, 1.807) is 31.2 Å². The first-order valence-electron chi connectivity index (χ1n) is 5.09. The second-order valence-electron chi connectivity index (χ2n) is 3.69. The lowest BCUT2D eigenvalue weighted by atomic mass is 10.1. The number of ketones is 1. The second kappa shape index (κ2) is 6.28. The van der Waals surface area contributed by atoms with Crippen LogP contribution in [-0.2, 0) is 0 Å². The van der Waals surface area contributed by atoms with E-state index in [0.29, 0.717) is 16.3 Å². The molecular formula is C12H15ClO2S. The van der Waals surface area contributed by atoms with Gasteiger partial charge in [0.1, 0.15) is 0 Å². The van der Waals surface area contributed by atoms with E-state index < -0.39 is 6.10 Å². The molecule has 1 aromatic carbocycles. The Morgan fingerprint density at radius 3 is 2.75 bits per heavy atom. The third kappa shape index (κ3) is 4.16. The van der Waals surface area contributed by atoms with E-state index in [9.17, 15) is 9.90 Å². The maximum Gasteiger partial charge on any atom is 0.172 e. The molecule has 0 saturated carbocycles. The molecule has 2 unspecified atom stereocenters. The number of rotatable bonds is 5. The maximum absolute atomic E-state index is 11.8.